The van der Waals surface area contributed by atoms with Crippen molar-refractivity contribution in [3.63, 3.8) is 0 Å². The highest BCUT2D eigenvalue weighted by Gasteiger charge is 2.20. The molecule has 0 aliphatic rings. The second-order valence-electron chi connectivity index (χ2n) is 4.63. The minimum Gasteiger partial charge on any atom is -0.383 e. The molecule has 0 atom stereocenters. The largest absolute Gasteiger partial charge is 0.383 e. The Hall–Kier alpha value is -2.34. The van der Waals surface area contributed by atoms with Gasteiger partial charge in [0.1, 0.15) is 11.5 Å². The summed E-state index contributed by atoms with van der Waals surface area (Å²) in [5, 5.41) is 4.41. The number of hydrogen-bond donors (Lipinski definition) is 2. The van der Waals surface area contributed by atoms with Crippen molar-refractivity contribution in [3.8, 4) is 22.4 Å². The van der Waals surface area contributed by atoms with Gasteiger partial charge in [-0.1, -0.05) is 34.1 Å². The van der Waals surface area contributed by atoms with Gasteiger partial charge < -0.3 is 10.7 Å². The van der Waals surface area contributed by atoms with Gasteiger partial charge in [-0.05, 0) is 6.07 Å². The first kappa shape index (κ1) is 13.6. The average Bonchev–Trinajstić information content (AvgIpc) is 2.76. The fraction of sp³-hybridized carbons (Fsp3) is 0.0667. The molecule has 0 amide bonds. The summed E-state index contributed by atoms with van der Waals surface area (Å²) >= 11 is 3.52. The van der Waals surface area contributed by atoms with Crippen LogP contribution < -0.4 is 11.2 Å². The fourth-order valence-electron chi connectivity index (χ4n) is 2.26. The summed E-state index contributed by atoms with van der Waals surface area (Å²) < 4.78 is 2.48. The summed E-state index contributed by atoms with van der Waals surface area (Å²) in [7, 11) is 1.76. The first-order chi connectivity index (χ1) is 10.1. The quantitative estimate of drug-likeness (QED) is 0.750. The van der Waals surface area contributed by atoms with E-state index in [1.165, 1.54) is 6.07 Å². The zero-order valence-corrected chi connectivity index (χ0v) is 12.9. The molecule has 0 aliphatic carbocycles. The van der Waals surface area contributed by atoms with Crippen LogP contribution in [0.25, 0.3) is 22.4 Å². The molecule has 0 saturated carbocycles. The monoisotopic (exact) mass is 344 g/mol. The van der Waals surface area contributed by atoms with E-state index in [4.69, 9.17) is 5.73 Å². The zero-order valence-electron chi connectivity index (χ0n) is 11.3. The van der Waals surface area contributed by atoms with Gasteiger partial charge in [-0.25, -0.2) is 0 Å². The smallest absolute Gasteiger partial charge is 0.191 e. The van der Waals surface area contributed by atoms with Gasteiger partial charge in [-0.3, -0.25) is 9.48 Å². The van der Waals surface area contributed by atoms with Crippen LogP contribution in [0, 0.1) is 0 Å². The lowest BCUT2D eigenvalue weighted by atomic mass is 10.0. The third-order valence-electron chi connectivity index (χ3n) is 3.31. The number of benzene rings is 1. The van der Waals surface area contributed by atoms with Crippen molar-refractivity contribution in [1.82, 2.24) is 14.8 Å². The molecule has 0 unspecified atom stereocenters. The number of aromatic amines is 1. The SMILES string of the molecule is Cn1nc(-c2c[nH]ccc2=O)c(-c2ccccc2Br)c1N. The van der Waals surface area contributed by atoms with E-state index in [2.05, 4.69) is 26.0 Å². The summed E-state index contributed by atoms with van der Waals surface area (Å²) in [6.45, 7) is 0. The normalized spacial score (nSPS) is 10.8. The van der Waals surface area contributed by atoms with Crippen LogP contribution in [0.5, 0.6) is 0 Å². The van der Waals surface area contributed by atoms with Crippen LogP contribution in [-0.2, 0) is 7.05 Å². The van der Waals surface area contributed by atoms with Crippen LogP contribution in [0.1, 0.15) is 0 Å². The number of rotatable bonds is 2. The van der Waals surface area contributed by atoms with Crippen LogP contribution in [0.15, 0.2) is 52.0 Å². The Labute approximate surface area is 129 Å². The molecule has 0 radical (unpaired) electrons. The van der Waals surface area contributed by atoms with Crippen molar-refractivity contribution >= 4 is 21.7 Å². The number of nitrogens with two attached hydrogens (primary N) is 1. The van der Waals surface area contributed by atoms with E-state index in [0.29, 0.717) is 17.1 Å². The minimum atomic E-state index is -0.0971. The van der Waals surface area contributed by atoms with Gasteiger partial charge in [0.15, 0.2) is 5.43 Å². The predicted molar refractivity (Wildman–Crippen MR) is 86.8 cm³/mol. The van der Waals surface area contributed by atoms with Gasteiger partial charge in [-0.2, -0.15) is 5.10 Å². The molecule has 21 heavy (non-hydrogen) atoms. The molecule has 5 nitrogen and oxygen atoms in total. The molecule has 0 saturated heterocycles. The van der Waals surface area contributed by atoms with Crippen LogP contribution >= 0.6 is 15.9 Å². The number of nitrogen functional groups attached to an aromatic ring is 1. The molecule has 2 aromatic heterocycles. The maximum absolute atomic E-state index is 12.1. The molecule has 0 aliphatic heterocycles. The topological polar surface area (TPSA) is 76.7 Å². The molecule has 0 fully saturated rings. The van der Waals surface area contributed by atoms with Crippen LogP contribution in [0.3, 0.4) is 0 Å². The van der Waals surface area contributed by atoms with Crippen molar-refractivity contribution in [2.45, 2.75) is 0 Å². The lowest BCUT2D eigenvalue weighted by molar-refractivity contribution is 0.782. The Kier molecular flexibility index (Phi) is 3.39. The lowest BCUT2D eigenvalue weighted by Gasteiger charge is -2.06. The molecule has 3 rings (SSSR count). The molecular weight excluding hydrogens is 332 g/mol. The Morgan fingerprint density at radius 1 is 1.24 bits per heavy atom. The van der Waals surface area contributed by atoms with Crippen molar-refractivity contribution < 1.29 is 0 Å². The summed E-state index contributed by atoms with van der Waals surface area (Å²) in [5.41, 5.74) is 8.79. The standard InChI is InChI=1S/C15H13BrN4O/c1-20-15(17)13(9-4-2-3-5-11(9)16)14(19-20)10-8-18-7-6-12(10)21/h2-8H,17H2,1H3,(H,18,21). The molecule has 0 spiro atoms. The first-order valence-electron chi connectivity index (χ1n) is 6.34. The second-order valence-corrected chi connectivity index (χ2v) is 5.49. The van der Waals surface area contributed by atoms with Gasteiger partial charge in [0, 0.05) is 35.5 Å². The zero-order chi connectivity index (χ0) is 15.0. The summed E-state index contributed by atoms with van der Waals surface area (Å²) in [4.78, 5) is 15.0. The van der Waals surface area contributed by atoms with E-state index in [-0.39, 0.29) is 5.43 Å². The first-order valence-corrected chi connectivity index (χ1v) is 7.13. The third-order valence-corrected chi connectivity index (χ3v) is 4.01. The third kappa shape index (κ3) is 2.27. The average molecular weight is 345 g/mol. The Morgan fingerprint density at radius 3 is 2.71 bits per heavy atom. The highest BCUT2D eigenvalue weighted by Crippen LogP contribution is 2.38. The van der Waals surface area contributed by atoms with E-state index < -0.39 is 0 Å². The van der Waals surface area contributed by atoms with Gasteiger partial charge in [0.2, 0.25) is 0 Å². The molecule has 1 aromatic carbocycles. The van der Waals surface area contributed by atoms with Gasteiger partial charge in [-0.15, -0.1) is 0 Å². The molecule has 3 aromatic rings. The summed E-state index contributed by atoms with van der Waals surface area (Å²) in [5.74, 6) is 0.514. The molecular formula is C15H13BrN4O. The number of H-pyrrole nitrogens is 1. The predicted octanol–water partition coefficient (Wildman–Crippen LogP) is 2.79. The number of aromatic nitrogens is 3. The summed E-state index contributed by atoms with van der Waals surface area (Å²) in [6, 6.07) is 9.20. The molecule has 3 N–H and O–H groups in total. The Balaban J connectivity index is 2.35. The van der Waals surface area contributed by atoms with Gasteiger partial charge >= 0.3 is 0 Å². The summed E-state index contributed by atoms with van der Waals surface area (Å²) in [6.07, 6.45) is 3.24. The van der Waals surface area contributed by atoms with E-state index in [0.717, 1.165) is 15.6 Å². The van der Waals surface area contributed by atoms with Crippen LogP contribution in [-0.4, -0.2) is 14.8 Å². The molecule has 6 heteroatoms. The van der Waals surface area contributed by atoms with E-state index in [1.54, 1.807) is 24.1 Å². The maximum atomic E-state index is 12.1. The van der Waals surface area contributed by atoms with E-state index >= 15 is 0 Å². The van der Waals surface area contributed by atoms with Gasteiger partial charge in [0.05, 0.1) is 11.1 Å². The minimum absolute atomic E-state index is 0.0971. The highest BCUT2D eigenvalue weighted by atomic mass is 79.9. The number of pyridine rings is 1. The molecule has 106 valence electrons. The van der Waals surface area contributed by atoms with Crippen LogP contribution in [0.4, 0.5) is 5.82 Å². The fourth-order valence-corrected chi connectivity index (χ4v) is 2.74. The van der Waals surface area contributed by atoms with E-state index in [1.807, 2.05) is 24.3 Å². The number of nitrogens with zero attached hydrogens (tertiary/aromatic N) is 2. The highest BCUT2D eigenvalue weighted by molar-refractivity contribution is 9.10. The Morgan fingerprint density at radius 2 is 2.00 bits per heavy atom. The number of anilines is 1. The number of halogens is 1. The number of hydrogen-bond acceptors (Lipinski definition) is 3. The number of nitrogens with one attached hydrogen (secondary N) is 1. The van der Waals surface area contributed by atoms with Crippen LogP contribution in [0.2, 0.25) is 0 Å². The lowest BCUT2D eigenvalue weighted by Crippen LogP contribution is -2.04. The molecule has 0 bridgehead atoms. The Bertz CT molecular complexity index is 866. The van der Waals surface area contributed by atoms with Crippen molar-refractivity contribution in [1.29, 1.82) is 0 Å². The van der Waals surface area contributed by atoms with Gasteiger partial charge in [0.25, 0.3) is 0 Å². The number of aryl methyl sites for hydroxylation is 1. The van der Waals surface area contributed by atoms with Crippen molar-refractivity contribution in [2.75, 3.05) is 5.73 Å². The maximum Gasteiger partial charge on any atom is 0.191 e. The van der Waals surface area contributed by atoms with E-state index in [9.17, 15) is 4.79 Å². The molecule has 2 heterocycles. The van der Waals surface area contributed by atoms with Crippen molar-refractivity contribution in [2.24, 2.45) is 7.05 Å². The van der Waals surface area contributed by atoms with Crippen molar-refractivity contribution in [3.05, 3.63) is 57.4 Å². The second kappa shape index (κ2) is 5.21.